The van der Waals surface area contributed by atoms with E-state index < -0.39 is 0 Å². The minimum atomic E-state index is 0.549. The van der Waals surface area contributed by atoms with Crippen molar-refractivity contribution in [2.75, 3.05) is 0 Å². The average molecular weight is 322 g/mol. The van der Waals surface area contributed by atoms with E-state index in [9.17, 15) is 0 Å². The fourth-order valence-corrected chi connectivity index (χ4v) is 2.76. The van der Waals surface area contributed by atoms with E-state index in [0.29, 0.717) is 16.2 Å². The van der Waals surface area contributed by atoms with Crippen molar-refractivity contribution in [3.8, 4) is 11.6 Å². The Morgan fingerprint density at radius 3 is 2.94 bits per heavy atom. The molecule has 0 spiro atoms. The van der Waals surface area contributed by atoms with E-state index in [0.717, 1.165) is 15.9 Å². The van der Waals surface area contributed by atoms with E-state index in [1.807, 2.05) is 30.5 Å². The lowest BCUT2D eigenvalue weighted by atomic mass is 10.3. The Morgan fingerprint density at radius 1 is 1.22 bits per heavy atom. The highest BCUT2D eigenvalue weighted by molar-refractivity contribution is 9.10. The first kappa shape index (κ1) is 11.6. The van der Waals surface area contributed by atoms with Gasteiger partial charge in [0.05, 0.1) is 5.39 Å². The Balaban J connectivity index is 2.03. The second kappa shape index (κ2) is 4.62. The molecule has 0 aliphatic heterocycles. The van der Waals surface area contributed by atoms with E-state index in [-0.39, 0.29) is 0 Å². The van der Waals surface area contributed by atoms with Crippen LogP contribution in [0.15, 0.2) is 34.5 Å². The van der Waals surface area contributed by atoms with E-state index in [1.165, 1.54) is 6.33 Å². The van der Waals surface area contributed by atoms with Crippen molar-refractivity contribution in [2.24, 2.45) is 0 Å². The van der Waals surface area contributed by atoms with Crippen LogP contribution in [0.25, 0.3) is 10.2 Å². The zero-order chi connectivity index (χ0) is 12.5. The summed E-state index contributed by atoms with van der Waals surface area (Å²) in [6.07, 6.45) is 1.50. The van der Waals surface area contributed by atoms with E-state index in [4.69, 9.17) is 4.74 Å². The van der Waals surface area contributed by atoms with Gasteiger partial charge in [0, 0.05) is 5.69 Å². The van der Waals surface area contributed by atoms with E-state index >= 15 is 0 Å². The van der Waals surface area contributed by atoms with Crippen LogP contribution in [0.2, 0.25) is 0 Å². The molecule has 0 unspecified atom stereocenters. The van der Waals surface area contributed by atoms with Crippen LogP contribution in [0.1, 0.15) is 5.69 Å². The van der Waals surface area contributed by atoms with Gasteiger partial charge in [0.1, 0.15) is 15.8 Å². The Kier molecular flexibility index (Phi) is 2.97. The number of pyridine rings is 1. The van der Waals surface area contributed by atoms with Crippen LogP contribution in [0.5, 0.6) is 11.6 Å². The summed E-state index contributed by atoms with van der Waals surface area (Å²) in [5, 5.41) is 2.88. The van der Waals surface area contributed by atoms with Gasteiger partial charge in [-0.25, -0.2) is 15.0 Å². The SMILES string of the molecule is Cc1ccc(Oc2ncnc3sccc23)c(Br)n1. The molecule has 0 amide bonds. The molecule has 3 heterocycles. The van der Waals surface area contributed by atoms with Crippen LogP contribution in [-0.2, 0) is 0 Å². The lowest BCUT2D eigenvalue weighted by Gasteiger charge is -2.07. The fraction of sp³-hybridized carbons (Fsp3) is 0.0833. The van der Waals surface area contributed by atoms with Crippen LogP contribution >= 0.6 is 27.3 Å². The van der Waals surface area contributed by atoms with Crippen LogP contribution in [0.4, 0.5) is 0 Å². The normalized spacial score (nSPS) is 10.8. The topological polar surface area (TPSA) is 47.9 Å². The Bertz CT molecular complexity index is 713. The number of aryl methyl sites for hydroxylation is 1. The summed E-state index contributed by atoms with van der Waals surface area (Å²) in [4.78, 5) is 13.5. The van der Waals surface area contributed by atoms with Crippen molar-refractivity contribution < 1.29 is 4.74 Å². The van der Waals surface area contributed by atoms with Gasteiger partial charge in [-0.3, -0.25) is 0 Å². The summed E-state index contributed by atoms with van der Waals surface area (Å²) < 4.78 is 6.45. The zero-order valence-electron chi connectivity index (χ0n) is 9.42. The average Bonchev–Trinajstić information content (AvgIpc) is 2.82. The number of ether oxygens (including phenoxy) is 1. The van der Waals surface area contributed by atoms with Crippen molar-refractivity contribution in [1.29, 1.82) is 0 Å². The molecule has 0 radical (unpaired) electrons. The van der Waals surface area contributed by atoms with Crippen molar-refractivity contribution in [3.63, 3.8) is 0 Å². The van der Waals surface area contributed by atoms with E-state index in [1.54, 1.807) is 11.3 Å². The Labute approximate surface area is 116 Å². The summed E-state index contributed by atoms with van der Waals surface area (Å²) in [5.74, 6) is 1.19. The predicted molar refractivity (Wildman–Crippen MR) is 74.2 cm³/mol. The van der Waals surface area contributed by atoms with Crippen LogP contribution in [0.3, 0.4) is 0 Å². The third-order valence-electron chi connectivity index (χ3n) is 2.39. The molecule has 18 heavy (non-hydrogen) atoms. The molecule has 6 heteroatoms. The lowest BCUT2D eigenvalue weighted by molar-refractivity contribution is 0.462. The molecular weight excluding hydrogens is 314 g/mol. The third kappa shape index (κ3) is 2.09. The number of nitrogens with zero attached hydrogens (tertiary/aromatic N) is 3. The maximum Gasteiger partial charge on any atom is 0.231 e. The molecule has 0 atom stereocenters. The van der Waals surface area contributed by atoms with Gasteiger partial charge in [-0.1, -0.05) is 0 Å². The maximum absolute atomic E-state index is 5.78. The molecule has 3 aromatic rings. The summed E-state index contributed by atoms with van der Waals surface area (Å²) in [6.45, 7) is 1.93. The number of halogens is 1. The first-order valence-corrected chi connectivity index (χ1v) is 6.90. The molecule has 3 aromatic heterocycles. The van der Waals surface area contributed by atoms with Crippen LogP contribution < -0.4 is 4.74 Å². The molecule has 0 aliphatic rings. The quantitative estimate of drug-likeness (QED) is 0.670. The van der Waals surface area contributed by atoms with Gasteiger partial charge in [-0.2, -0.15) is 0 Å². The van der Waals surface area contributed by atoms with Gasteiger partial charge in [-0.15, -0.1) is 11.3 Å². The molecule has 4 nitrogen and oxygen atoms in total. The summed E-state index contributed by atoms with van der Waals surface area (Å²) >= 11 is 4.94. The maximum atomic E-state index is 5.78. The van der Waals surface area contributed by atoms with Crippen molar-refractivity contribution >= 4 is 37.5 Å². The first-order valence-electron chi connectivity index (χ1n) is 5.23. The number of hydrogen-bond donors (Lipinski definition) is 0. The van der Waals surface area contributed by atoms with Gasteiger partial charge in [0.25, 0.3) is 0 Å². The largest absolute Gasteiger partial charge is 0.435 e. The highest BCUT2D eigenvalue weighted by Crippen LogP contribution is 2.32. The minimum absolute atomic E-state index is 0.549. The minimum Gasteiger partial charge on any atom is -0.435 e. The number of hydrogen-bond acceptors (Lipinski definition) is 5. The van der Waals surface area contributed by atoms with Gasteiger partial charge < -0.3 is 4.74 Å². The van der Waals surface area contributed by atoms with Crippen molar-refractivity contribution in [3.05, 3.63) is 40.2 Å². The smallest absolute Gasteiger partial charge is 0.231 e. The molecule has 0 N–H and O–H groups in total. The number of rotatable bonds is 2. The number of fused-ring (bicyclic) bond motifs is 1. The van der Waals surface area contributed by atoms with Crippen molar-refractivity contribution in [2.45, 2.75) is 6.92 Å². The molecule has 0 aliphatic carbocycles. The molecular formula is C12H8BrN3OS. The first-order chi connectivity index (χ1) is 8.74. The second-order valence-corrected chi connectivity index (χ2v) is 5.31. The van der Waals surface area contributed by atoms with Gasteiger partial charge in [-0.05, 0) is 46.4 Å². The molecule has 0 saturated carbocycles. The Hall–Kier alpha value is -1.53. The standard InChI is InChI=1S/C12H8BrN3OS/c1-7-2-3-9(10(13)16-7)17-11-8-4-5-18-12(8)15-6-14-11/h2-6H,1H3. The number of aromatic nitrogens is 3. The molecule has 0 saturated heterocycles. The zero-order valence-corrected chi connectivity index (χ0v) is 11.8. The lowest BCUT2D eigenvalue weighted by Crippen LogP contribution is -1.92. The molecule has 3 rings (SSSR count). The molecule has 0 aromatic carbocycles. The van der Waals surface area contributed by atoms with E-state index in [2.05, 4.69) is 30.9 Å². The molecule has 0 fully saturated rings. The summed E-state index contributed by atoms with van der Waals surface area (Å²) in [5.41, 5.74) is 0.928. The fourth-order valence-electron chi connectivity index (χ4n) is 1.54. The van der Waals surface area contributed by atoms with Crippen LogP contribution in [-0.4, -0.2) is 15.0 Å². The monoisotopic (exact) mass is 321 g/mol. The molecule has 0 bridgehead atoms. The second-order valence-electron chi connectivity index (χ2n) is 3.66. The Morgan fingerprint density at radius 2 is 2.11 bits per heavy atom. The van der Waals surface area contributed by atoms with Gasteiger partial charge in [0.15, 0.2) is 5.75 Å². The highest BCUT2D eigenvalue weighted by atomic mass is 79.9. The van der Waals surface area contributed by atoms with Gasteiger partial charge in [0.2, 0.25) is 5.88 Å². The summed E-state index contributed by atoms with van der Waals surface area (Å²) in [7, 11) is 0. The van der Waals surface area contributed by atoms with Crippen molar-refractivity contribution in [1.82, 2.24) is 15.0 Å². The van der Waals surface area contributed by atoms with Gasteiger partial charge >= 0.3 is 0 Å². The predicted octanol–water partition coefficient (Wildman–Crippen LogP) is 3.95. The summed E-state index contributed by atoms with van der Waals surface area (Å²) in [6, 6.07) is 5.71. The van der Waals surface area contributed by atoms with Crippen LogP contribution in [0, 0.1) is 6.92 Å². The number of thiophene rings is 1. The highest BCUT2D eigenvalue weighted by Gasteiger charge is 2.09. The molecule has 90 valence electrons. The third-order valence-corrected chi connectivity index (χ3v) is 3.77.